The Labute approximate surface area is 209 Å². The summed E-state index contributed by atoms with van der Waals surface area (Å²) in [6.45, 7) is 4.08. The molecule has 36 heavy (non-hydrogen) atoms. The van der Waals surface area contributed by atoms with Crippen LogP contribution in [0.4, 0.5) is 13.2 Å². The molecule has 0 N–H and O–H groups in total. The topological polar surface area (TPSA) is 118 Å². The molecule has 16 heteroatoms. The summed E-state index contributed by atoms with van der Waals surface area (Å²) in [4.78, 5) is 22.2. The van der Waals surface area contributed by atoms with Crippen LogP contribution in [0.1, 0.15) is 33.7 Å². The van der Waals surface area contributed by atoms with E-state index in [4.69, 9.17) is 4.74 Å². The molecule has 5 aromatic rings. The van der Waals surface area contributed by atoms with E-state index in [-0.39, 0.29) is 11.5 Å². The van der Waals surface area contributed by atoms with E-state index in [9.17, 15) is 18.0 Å². The van der Waals surface area contributed by atoms with Crippen molar-refractivity contribution in [2.75, 3.05) is 7.11 Å². The Morgan fingerprint density at radius 2 is 2.03 bits per heavy atom. The predicted octanol–water partition coefficient (Wildman–Crippen LogP) is 3.76. The van der Waals surface area contributed by atoms with Gasteiger partial charge in [-0.3, -0.25) is 4.68 Å². The van der Waals surface area contributed by atoms with Crippen molar-refractivity contribution in [1.29, 1.82) is 0 Å². The number of carbonyl (C=O) groups is 1. The van der Waals surface area contributed by atoms with E-state index in [1.807, 2.05) is 13.8 Å². The van der Waals surface area contributed by atoms with Gasteiger partial charge in [-0.1, -0.05) is 11.8 Å². The fourth-order valence-corrected chi connectivity index (χ4v) is 5.68. The smallest absolute Gasteiger partial charge is 0.433 e. The third kappa shape index (κ3) is 3.99. The Morgan fingerprint density at radius 3 is 2.69 bits per heavy atom. The van der Waals surface area contributed by atoms with Crippen LogP contribution in [0.25, 0.3) is 27.4 Å². The number of alkyl halides is 3. The van der Waals surface area contributed by atoms with Crippen LogP contribution in [-0.2, 0) is 30.3 Å². The minimum absolute atomic E-state index is 0.0830. The van der Waals surface area contributed by atoms with Crippen LogP contribution < -0.4 is 0 Å². The van der Waals surface area contributed by atoms with E-state index < -0.39 is 17.8 Å². The summed E-state index contributed by atoms with van der Waals surface area (Å²) in [6, 6.07) is 0.957. The lowest BCUT2D eigenvalue weighted by Gasteiger charge is -2.04. The van der Waals surface area contributed by atoms with E-state index >= 15 is 0 Å². The highest BCUT2D eigenvalue weighted by atomic mass is 32.2. The van der Waals surface area contributed by atoms with Crippen molar-refractivity contribution >= 4 is 44.9 Å². The quantitative estimate of drug-likeness (QED) is 0.236. The number of nitrogens with zero attached hydrogens (tertiary/aromatic N) is 9. The second kappa shape index (κ2) is 8.85. The maximum atomic E-state index is 13.2. The van der Waals surface area contributed by atoms with Crippen LogP contribution in [-0.4, -0.2) is 57.2 Å². The van der Waals surface area contributed by atoms with Crippen molar-refractivity contribution in [3.05, 3.63) is 34.4 Å². The number of aromatic nitrogens is 9. The summed E-state index contributed by atoms with van der Waals surface area (Å²) >= 11 is 2.53. The van der Waals surface area contributed by atoms with Crippen molar-refractivity contribution in [2.24, 2.45) is 7.05 Å². The van der Waals surface area contributed by atoms with Crippen molar-refractivity contribution in [2.45, 2.75) is 37.5 Å². The molecule has 5 aromatic heterocycles. The Morgan fingerprint density at radius 1 is 1.25 bits per heavy atom. The number of halogens is 3. The summed E-state index contributed by atoms with van der Waals surface area (Å²) in [6.07, 6.45) is -3.00. The van der Waals surface area contributed by atoms with Crippen LogP contribution in [0, 0.1) is 6.92 Å². The van der Waals surface area contributed by atoms with Gasteiger partial charge < -0.3 is 9.30 Å². The SMILES string of the molecule is CCn1c(SCc2nc3c4c(C)c(C(=O)OC)sc4ncn3n2)nnc1-c1cc(C(F)(F)F)n(C)n1. The molecule has 0 fully saturated rings. The molecule has 0 saturated heterocycles. The van der Waals surface area contributed by atoms with Gasteiger partial charge in [0.05, 0.1) is 18.2 Å². The van der Waals surface area contributed by atoms with Gasteiger partial charge in [0.1, 0.15) is 27.4 Å². The third-order valence-electron chi connectivity index (χ3n) is 5.44. The van der Waals surface area contributed by atoms with E-state index in [0.29, 0.717) is 38.6 Å². The van der Waals surface area contributed by atoms with Gasteiger partial charge in [-0.05, 0) is 25.5 Å². The Hall–Kier alpha value is -3.53. The fraction of sp³-hybridized carbons (Fsp3) is 0.350. The molecule has 0 radical (unpaired) electrons. The first-order valence-electron chi connectivity index (χ1n) is 10.5. The number of thiophene rings is 1. The van der Waals surface area contributed by atoms with Crippen molar-refractivity contribution < 1.29 is 22.7 Å². The first-order valence-corrected chi connectivity index (χ1v) is 12.3. The highest BCUT2D eigenvalue weighted by Crippen LogP contribution is 2.34. The second-order valence-electron chi connectivity index (χ2n) is 7.64. The van der Waals surface area contributed by atoms with Gasteiger partial charge in [0.2, 0.25) is 0 Å². The minimum atomic E-state index is -4.53. The number of hydrogen-bond donors (Lipinski definition) is 0. The fourth-order valence-electron chi connectivity index (χ4n) is 3.77. The molecule has 0 aliphatic carbocycles. The summed E-state index contributed by atoms with van der Waals surface area (Å²) in [7, 11) is 2.56. The van der Waals surface area contributed by atoms with Crippen LogP contribution in [0.2, 0.25) is 0 Å². The van der Waals surface area contributed by atoms with E-state index in [0.717, 1.165) is 21.7 Å². The summed E-state index contributed by atoms with van der Waals surface area (Å²) in [5.74, 6) is 0.617. The summed E-state index contributed by atoms with van der Waals surface area (Å²) < 4.78 is 48.4. The number of ether oxygens (including phenoxy) is 1. The van der Waals surface area contributed by atoms with Gasteiger partial charge in [0.15, 0.2) is 22.5 Å². The molecule has 0 unspecified atom stereocenters. The molecule has 0 amide bonds. The molecule has 0 atom stereocenters. The number of thioether (sulfide) groups is 1. The molecule has 0 bridgehead atoms. The number of fused-ring (bicyclic) bond motifs is 3. The first-order chi connectivity index (χ1) is 17.1. The number of carbonyl (C=O) groups excluding carboxylic acids is 1. The zero-order valence-corrected chi connectivity index (χ0v) is 21.0. The predicted molar refractivity (Wildman–Crippen MR) is 125 cm³/mol. The van der Waals surface area contributed by atoms with Crippen LogP contribution in [0.15, 0.2) is 17.6 Å². The zero-order valence-electron chi connectivity index (χ0n) is 19.4. The largest absolute Gasteiger partial charge is 0.465 e. The Bertz CT molecular complexity index is 1620. The van der Waals surface area contributed by atoms with E-state index in [2.05, 4.69) is 30.4 Å². The average molecular weight is 538 g/mol. The van der Waals surface area contributed by atoms with Crippen LogP contribution >= 0.6 is 23.1 Å². The van der Waals surface area contributed by atoms with Crippen molar-refractivity contribution in [3.63, 3.8) is 0 Å². The molecular weight excluding hydrogens is 519 g/mol. The molecular formula is C20H18F3N9O2S2. The summed E-state index contributed by atoms with van der Waals surface area (Å²) in [5, 5.41) is 17.9. The van der Waals surface area contributed by atoms with Gasteiger partial charge in [0.25, 0.3) is 0 Å². The van der Waals surface area contributed by atoms with Gasteiger partial charge >= 0.3 is 12.1 Å². The molecule has 5 heterocycles. The van der Waals surface area contributed by atoms with Crippen LogP contribution in [0.3, 0.4) is 0 Å². The lowest BCUT2D eigenvalue weighted by Crippen LogP contribution is -2.11. The first kappa shape index (κ1) is 24.2. The molecule has 0 aromatic carbocycles. The zero-order chi connectivity index (χ0) is 25.8. The third-order valence-corrected chi connectivity index (χ3v) is 7.59. The second-order valence-corrected chi connectivity index (χ2v) is 9.59. The highest BCUT2D eigenvalue weighted by molar-refractivity contribution is 7.98. The van der Waals surface area contributed by atoms with Crippen molar-refractivity contribution in [1.82, 2.24) is 44.1 Å². The normalized spacial score (nSPS) is 12.2. The van der Waals surface area contributed by atoms with Crippen molar-refractivity contribution in [3.8, 4) is 11.5 Å². The Balaban J connectivity index is 1.44. The van der Waals surface area contributed by atoms with Gasteiger partial charge in [-0.15, -0.1) is 26.6 Å². The average Bonchev–Trinajstić information content (AvgIpc) is 3.59. The summed E-state index contributed by atoms with van der Waals surface area (Å²) in [5.41, 5.74) is 0.491. The molecule has 11 nitrogen and oxygen atoms in total. The number of rotatable bonds is 6. The number of aryl methyl sites for hydroxylation is 2. The molecule has 0 aliphatic heterocycles. The molecule has 5 rings (SSSR count). The standard InChI is InChI=1S/C20H18F3N9O2S2/c1-5-31-15(10-6-11(20(21,22)23)30(3)28-10)26-27-19(31)35-7-12-25-16-13-9(2)14(18(33)34-4)36-17(13)24-8-32(16)29-12/h6,8H,5,7H2,1-4H3. The Kier molecular flexibility index (Phi) is 5.94. The van der Waals surface area contributed by atoms with Gasteiger partial charge in [-0.25, -0.2) is 19.3 Å². The van der Waals surface area contributed by atoms with Crippen LogP contribution in [0.5, 0.6) is 0 Å². The molecule has 0 saturated carbocycles. The number of hydrogen-bond acceptors (Lipinski definition) is 10. The minimum Gasteiger partial charge on any atom is -0.465 e. The number of esters is 1. The molecule has 188 valence electrons. The molecule has 0 spiro atoms. The lowest BCUT2D eigenvalue weighted by molar-refractivity contribution is -0.143. The maximum absolute atomic E-state index is 13.2. The highest BCUT2D eigenvalue weighted by Gasteiger charge is 2.35. The van der Waals surface area contributed by atoms with E-state index in [1.165, 1.54) is 43.6 Å². The number of methoxy groups -OCH3 is 1. The monoisotopic (exact) mass is 537 g/mol. The molecule has 0 aliphatic rings. The van der Waals surface area contributed by atoms with Gasteiger partial charge in [0, 0.05) is 13.6 Å². The maximum Gasteiger partial charge on any atom is 0.433 e. The van der Waals surface area contributed by atoms with E-state index in [1.54, 1.807) is 9.08 Å². The lowest BCUT2D eigenvalue weighted by atomic mass is 10.2. The van der Waals surface area contributed by atoms with Gasteiger partial charge in [-0.2, -0.15) is 18.3 Å².